The number of carbonyl (C=O) groups excluding carboxylic acids is 1. The molecule has 0 radical (unpaired) electrons. The molecule has 2 bridgehead atoms. The Kier molecular flexibility index (Phi) is 4.46. The molecule has 0 aromatic carbocycles. The largest absolute Gasteiger partial charge is 0.450 e. The van der Waals surface area contributed by atoms with Gasteiger partial charge in [-0.3, -0.25) is 0 Å². The van der Waals surface area contributed by atoms with Crippen molar-refractivity contribution in [1.29, 1.82) is 0 Å². The van der Waals surface area contributed by atoms with Gasteiger partial charge in [-0.25, -0.2) is 4.79 Å². The van der Waals surface area contributed by atoms with Crippen LogP contribution in [0.25, 0.3) is 0 Å². The number of nitrogens with zero attached hydrogens (tertiary/aromatic N) is 2. The smallest absolute Gasteiger partial charge is 0.409 e. The highest BCUT2D eigenvalue weighted by molar-refractivity contribution is 5.67. The summed E-state index contributed by atoms with van der Waals surface area (Å²) in [5.41, 5.74) is 0. The second-order valence-corrected chi connectivity index (χ2v) is 6.37. The van der Waals surface area contributed by atoms with Gasteiger partial charge in [-0.05, 0) is 51.6 Å². The van der Waals surface area contributed by atoms with Crippen LogP contribution in [0.4, 0.5) is 4.79 Å². The minimum atomic E-state index is -0.143. The normalized spacial score (nSPS) is 34.2. The number of ether oxygens (including phenoxy) is 1. The summed E-state index contributed by atoms with van der Waals surface area (Å²) in [5, 5.41) is 3.87. The molecular weight excluding hydrogens is 254 g/mol. The first kappa shape index (κ1) is 14.1. The lowest BCUT2D eigenvalue weighted by Crippen LogP contribution is -2.52. The number of fused-ring (bicyclic) bond motifs is 2. The molecule has 3 unspecified atom stereocenters. The number of amides is 1. The van der Waals surface area contributed by atoms with Gasteiger partial charge in [0.05, 0.1) is 6.61 Å². The number of nitrogens with one attached hydrogen (secondary N) is 1. The Bertz CT molecular complexity index is 342. The topological polar surface area (TPSA) is 44.8 Å². The molecule has 3 rings (SSSR count). The van der Waals surface area contributed by atoms with E-state index in [9.17, 15) is 4.79 Å². The highest BCUT2D eigenvalue weighted by Crippen LogP contribution is 2.28. The first-order valence-corrected chi connectivity index (χ1v) is 8.16. The summed E-state index contributed by atoms with van der Waals surface area (Å²) < 4.78 is 5.07. The van der Waals surface area contributed by atoms with E-state index in [-0.39, 0.29) is 6.09 Å². The number of piperidine rings is 2. The van der Waals surface area contributed by atoms with Crippen molar-refractivity contribution in [3.05, 3.63) is 0 Å². The van der Waals surface area contributed by atoms with E-state index in [1.54, 1.807) is 0 Å². The van der Waals surface area contributed by atoms with Crippen LogP contribution >= 0.6 is 0 Å². The van der Waals surface area contributed by atoms with Gasteiger partial charge in [-0.15, -0.1) is 0 Å². The van der Waals surface area contributed by atoms with Gasteiger partial charge in [0.2, 0.25) is 0 Å². The first-order valence-electron chi connectivity index (χ1n) is 8.16. The van der Waals surface area contributed by atoms with Crippen LogP contribution in [0.5, 0.6) is 0 Å². The van der Waals surface area contributed by atoms with Gasteiger partial charge in [-0.2, -0.15) is 0 Å². The zero-order valence-corrected chi connectivity index (χ0v) is 12.5. The van der Waals surface area contributed by atoms with Crippen LogP contribution in [0.1, 0.15) is 32.6 Å². The summed E-state index contributed by atoms with van der Waals surface area (Å²) in [6.07, 6.45) is 4.63. The molecule has 0 saturated carbocycles. The van der Waals surface area contributed by atoms with Gasteiger partial charge in [0, 0.05) is 31.7 Å². The van der Waals surface area contributed by atoms with Gasteiger partial charge in [-0.1, -0.05) is 0 Å². The number of carbonyl (C=O) groups is 1. The Labute approximate surface area is 121 Å². The third-order valence-corrected chi connectivity index (χ3v) is 5.10. The Morgan fingerprint density at radius 2 is 1.90 bits per heavy atom. The van der Waals surface area contributed by atoms with Gasteiger partial charge < -0.3 is 19.9 Å². The molecule has 0 aromatic heterocycles. The molecule has 3 atom stereocenters. The van der Waals surface area contributed by atoms with Crippen molar-refractivity contribution >= 4 is 6.09 Å². The lowest BCUT2D eigenvalue weighted by atomic mass is 9.92. The molecule has 0 aromatic rings. The van der Waals surface area contributed by atoms with Crippen molar-refractivity contribution in [3.8, 4) is 0 Å². The molecule has 114 valence electrons. The molecule has 5 heteroatoms. The molecule has 20 heavy (non-hydrogen) atoms. The first-order chi connectivity index (χ1) is 9.76. The van der Waals surface area contributed by atoms with Gasteiger partial charge in [0.15, 0.2) is 0 Å². The fourth-order valence-electron chi connectivity index (χ4n) is 3.92. The van der Waals surface area contributed by atoms with Crippen molar-refractivity contribution in [2.24, 2.45) is 5.92 Å². The maximum absolute atomic E-state index is 11.7. The minimum Gasteiger partial charge on any atom is -0.450 e. The zero-order chi connectivity index (χ0) is 13.9. The molecule has 0 spiro atoms. The number of likely N-dealkylation sites (tertiary alicyclic amines) is 1. The van der Waals surface area contributed by atoms with Crippen molar-refractivity contribution < 1.29 is 9.53 Å². The summed E-state index contributed by atoms with van der Waals surface area (Å²) in [7, 11) is 0. The molecule has 3 heterocycles. The Morgan fingerprint density at radius 3 is 2.65 bits per heavy atom. The molecule has 3 saturated heterocycles. The molecule has 0 aliphatic carbocycles. The quantitative estimate of drug-likeness (QED) is 0.847. The standard InChI is InChI=1S/C15H27N3O2/c1-2-20-15(19)18-9-4-13(5-10-18)16-14-6-8-17-7-3-12(14)11-17/h12-14,16H,2-11H2,1H3. The summed E-state index contributed by atoms with van der Waals surface area (Å²) in [6, 6.07) is 1.28. The van der Waals surface area contributed by atoms with Crippen molar-refractivity contribution in [2.45, 2.75) is 44.7 Å². The second kappa shape index (κ2) is 6.31. The predicted octanol–water partition coefficient (Wildman–Crippen LogP) is 1.29. The van der Waals surface area contributed by atoms with Crippen LogP contribution in [-0.4, -0.2) is 67.3 Å². The van der Waals surface area contributed by atoms with E-state index in [1.807, 2.05) is 11.8 Å². The van der Waals surface area contributed by atoms with Crippen molar-refractivity contribution in [2.75, 3.05) is 39.3 Å². The number of hydrogen-bond acceptors (Lipinski definition) is 4. The second-order valence-electron chi connectivity index (χ2n) is 6.37. The average molecular weight is 281 g/mol. The summed E-state index contributed by atoms with van der Waals surface area (Å²) in [4.78, 5) is 16.1. The SMILES string of the molecule is CCOC(=O)N1CCC(NC2CCN3CCC2C3)CC1. The van der Waals surface area contributed by atoms with Crippen LogP contribution in [0.15, 0.2) is 0 Å². The summed E-state index contributed by atoms with van der Waals surface area (Å²) >= 11 is 0. The molecule has 1 amide bonds. The monoisotopic (exact) mass is 281 g/mol. The van der Waals surface area contributed by atoms with Gasteiger partial charge in [0.1, 0.15) is 0 Å². The Hall–Kier alpha value is -0.810. The van der Waals surface area contributed by atoms with Crippen LogP contribution in [-0.2, 0) is 4.74 Å². The third-order valence-electron chi connectivity index (χ3n) is 5.10. The summed E-state index contributed by atoms with van der Waals surface area (Å²) in [5.74, 6) is 0.854. The molecule has 3 aliphatic heterocycles. The number of hydrogen-bond donors (Lipinski definition) is 1. The highest BCUT2D eigenvalue weighted by Gasteiger charge is 2.35. The Morgan fingerprint density at radius 1 is 1.15 bits per heavy atom. The molecule has 5 nitrogen and oxygen atoms in total. The van der Waals surface area contributed by atoms with E-state index in [0.717, 1.165) is 31.8 Å². The highest BCUT2D eigenvalue weighted by atomic mass is 16.6. The lowest BCUT2D eigenvalue weighted by molar-refractivity contribution is 0.0920. The van der Waals surface area contributed by atoms with E-state index in [4.69, 9.17) is 4.74 Å². The fourth-order valence-corrected chi connectivity index (χ4v) is 3.92. The van der Waals surface area contributed by atoms with Crippen LogP contribution < -0.4 is 5.32 Å². The minimum absolute atomic E-state index is 0.143. The molecular formula is C15H27N3O2. The number of rotatable bonds is 3. The maximum Gasteiger partial charge on any atom is 0.409 e. The van der Waals surface area contributed by atoms with Gasteiger partial charge in [0.25, 0.3) is 0 Å². The summed E-state index contributed by atoms with van der Waals surface area (Å²) in [6.45, 7) is 7.84. The van der Waals surface area contributed by atoms with Crippen LogP contribution in [0, 0.1) is 5.92 Å². The van der Waals surface area contributed by atoms with Crippen molar-refractivity contribution in [1.82, 2.24) is 15.1 Å². The van der Waals surface area contributed by atoms with E-state index >= 15 is 0 Å². The van der Waals surface area contributed by atoms with E-state index < -0.39 is 0 Å². The molecule has 3 fully saturated rings. The van der Waals surface area contributed by atoms with Crippen LogP contribution in [0.3, 0.4) is 0 Å². The lowest BCUT2D eigenvalue weighted by Gasteiger charge is -2.37. The van der Waals surface area contributed by atoms with E-state index in [1.165, 1.54) is 32.5 Å². The van der Waals surface area contributed by atoms with Crippen molar-refractivity contribution in [3.63, 3.8) is 0 Å². The average Bonchev–Trinajstić information content (AvgIpc) is 2.86. The van der Waals surface area contributed by atoms with Gasteiger partial charge >= 0.3 is 6.09 Å². The maximum atomic E-state index is 11.7. The Balaban J connectivity index is 1.43. The fraction of sp³-hybridized carbons (Fsp3) is 0.933. The third kappa shape index (κ3) is 3.09. The molecule has 3 aliphatic rings. The predicted molar refractivity (Wildman–Crippen MR) is 77.7 cm³/mol. The van der Waals surface area contributed by atoms with E-state index in [0.29, 0.717) is 18.7 Å². The van der Waals surface area contributed by atoms with E-state index in [2.05, 4.69) is 10.2 Å². The van der Waals surface area contributed by atoms with Crippen LogP contribution in [0.2, 0.25) is 0 Å². The molecule has 1 N–H and O–H groups in total. The zero-order valence-electron chi connectivity index (χ0n) is 12.5.